The minimum atomic E-state index is -0.189. The van der Waals surface area contributed by atoms with Crippen LogP contribution in [0.4, 0.5) is 0 Å². The number of benzene rings is 1. The molecule has 0 amide bonds. The maximum absolute atomic E-state index is 12.2. The highest BCUT2D eigenvalue weighted by Crippen LogP contribution is 2.37. The molecule has 0 fully saturated rings. The van der Waals surface area contributed by atoms with Crippen molar-refractivity contribution in [2.45, 2.75) is 0 Å². The van der Waals surface area contributed by atoms with E-state index in [-0.39, 0.29) is 11.5 Å². The van der Waals surface area contributed by atoms with Gasteiger partial charge in [0.15, 0.2) is 5.78 Å². The highest BCUT2D eigenvalue weighted by atomic mass is 35.5. The molecule has 1 heterocycles. The summed E-state index contributed by atoms with van der Waals surface area (Å²) in [6, 6.07) is 8.25. The van der Waals surface area contributed by atoms with Crippen molar-refractivity contribution in [2.75, 3.05) is 0 Å². The van der Waals surface area contributed by atoms with E-state index in [0.29, 0.717) is 27.3 Å². The maximum Gasteiger partial charge on any atom is 0.198 e. The van der Waals surface area contributed by atoms with Gasteiger partial charge in [-0.1, -0.05) is 11.6 Å². The van der Waals surface area contributed by atoms with E-state index >= 15 is 0 Å². The average Bonchev–Trinajstić information content (AvgIpc) is 2.63. The lowest BCUT2D eigenvalue weighted by Crippen LogP contribution is -1.98. The number of hydrogen-bond donors (Lipinski definition) is 1. The number of hydrogen-bond acceptors (Lipinski definition) is 3. The predicted octanol–water partition coefficient (Wildman–Crippen LogP) is 3.36. The third-order valence-corrected chi connectivity index (χ3v) is 3.15. The van der Waals surface area contributed by atoms with Crippen LogP contribution in [-0.4, -0.2) is 15.9 Å². The zero-order chi connectivity index (χ0) is 12.7. The summed E-state index contributed by atoms with van der Waals surface area (Å²) in [5.41, 5.74) is 1.91. The van der Waals surface area contributed by atoms with Crippen molar-refractivity contribution >= 4 is 28.7 Å². The monoisotopic (exact) mass is 257 g/mol. The Morgan fingerprint density at radius 3 is 2.50 bits per heavy atom. The number of fused-ring (bicyclic) bond motifs is 1. The fourth-order valence-corrected chi connectivity index (χ4v) is 2.25. The molecule has 0 saturated carbocycles. The molecule has 18 heavy (non-hydrogen) atoms. The molecule has 88 valence electrons. The molecule has 1 aromatic carbocycles. The lowest BCUT2D eigenvalue weighted by Gasteiger charge is -2.00. The van der Waals surface area contributed by atoms with Gasteiger partial charge in [0.25, 0.3) is 0 Å². The number of ketones is 1. The second-order valence-electron chi connectivity index (χ2n) is 3.98. The summed E-state index contributed by atoms with van der Waals surface area (Å²) in [6.45, 7) is 0. The molecule has 2 aromatic rings. The van der Waals surface area contributed by atoms with E-state index in [9.17, 15) is 9.90 Å². The molecule has 3 nitrogen and oxygen atoms in total. The van der Waals surface area contributed by atoms with Crippen molar-refractivity contribution < 1.29 is 9.90 Å². The first-order chi connectivity index (χ1) is 8.68. The summed E-state index contributed by atoms with van der Waals surface area (Å²) in [7, 11) is 0. The van der Waals surface area contributed by atoms with Crippen molar-refractivity contribution in [3.05, 3.63) is 64.4 Å². The molecule has 0 saturated heterocycles. The standard InChI is InChI=1S/C14H8ClNO2/c15-9-1-2-10-11(7-9)14(18)12(13(10)17)8-3-5-16-6-4-8/h1-7,18H. The van der Waals surface area contributed by atoms with Crippen molar-refractivity contribution in [1.82, 2.24) is 4.98 Å². The smallest absolute Gasteiger partial charge is 0.198 e. The minimum absolute atomic E-state index is 0.0244. The van der Waals surface area contributed by atoms with Crippen LogP contribution in [0.1, 0.15) is 21.5 Å². The number of halogens is 1. The van der Waals surface area contributed by atoms with Crippen LogP contribution in [-0.2, 0) is 0 Å². The van der Waals surface area contributed by atoms with Crippen LogP contribution in [0, 0.1) is 0 Å². The van der Waals surface area contributed by atoms with E-state index in [2.05, 4.69) is 4.98 Å². The number of carbonyl (C=O) groups excluding carboxylic acids is 1. The number of carbonyl (C=O) groups is 1. The Balaban J connectivity index is 2.22. The van der Waals surface area contributed by atoms with Gasteiger partial charge in [0.2, 0.25) is 0 Å². The molecule has 1 aliphatic rings. The highest BCUT2D eigenvalue weighted by molar-refractivity contribution is 6.39. The molecule has 0 unspecified atom stereocenters. The summed E-state index contributed by atoms with van der Waals surface area (Å²) in [6.07, 6.45) is 3.16. The molecule has 3 rings (SSSR count). The minimum Gasteiger partial charge on any atom is -0.507 e. The normalized spacial score (nSPS) is 13.9. The molecule has 0 spiro atoms. The molecule has 1 aliphatic carbocycles. The number of rotatable bonds is 1. The average molecular weight is 258 g/mol. The zero-order valence-corrected chi connectivity index (χ0v) is 9.98. The number of aliphatic hydroxyl groups is 1. The molecule has 0 atom stereocenters. The number of allylic oxidation sites excluding steroid dienone is 1. The molecule has 4 heteroatoms. The van der Waals surface area contributed by atoms with Gasteiger partial charge in [-0.05, 0) is 35.9 Å². The third kappa shape index (κ3) is 1.52. The second kappa shape index (κ2) is 3.96. The summed E-state index contributed by atoms with van der Waals surface area (Å²) in [5, 5.41) is 10.7. The Morgan fingerprint density at radius 1 is 1.06 bits per heavy atom. The van der Waals surface area contributed by atoms with Gasteiger partial charge >= 0.3 is 0 Å². The van der Waals surface area contributed by atoms with Crippen LogP contribution in [0.2, 0.25) is 5.02 Å². The van der Waals surface area contributed by atoms with Gasteiger partial charge in [0, 0.05) is 28.5 Å². The zero-order valence-electron chi connectivity index (χ0n) is 9.22. The summed E-state index contributed by atoms with van der Waals surface area (Å²) in [4.78, 5) is 16.1. The molecule has 0 radical (unpaired) electrons. The first-order valence-electron chi connectivity index (χ1n) is 5.37. The number of pyridine rings is 1. The van der Waals surface area contributed by atoms with Gasteiger partial charge in [0.05, 0.1) is 5.57 Å². The summed E-state index contributed by atoms with van der Waals surface area (Å²) >= 11 is 5.88. The first kappa shape index (κ1) is 11.0. The van der Waals surface area contributed by atoms with Crippen molar-refractivity contribution in [3.8, 4) is 0 Å². The van der Waals surface area contributed by atoms with Crippen LogP contribution in [0.15, 0.2) is 42.7 Å². The van der Waals surface area contributed by atoms with E-state index < -0.39 is 0 Å². The predicted molar refractivity (Wildman–Crippen MR) is 69.5 cm³/mol. The molecular weight excluding hydrogens is 250 g/mol. The molecule has 1 N–H and O–H groups in total. The Bertz CT molecular complexity index is 677. The number of nitrogens with zero attached hydrogens (tertiary/aromatic N) is 1. The molecular formula is C14H8ClNO2. The molecule has 0 aliphatic heterocycles. The van der Waals surface area contributed by atoms with Crippen LogP contribution < -0.4 is 0 Å². The molecule has 1 aromatic heterocycles. The van der Waals surface area contributed by atoms with Crippen LogP contribution >= 0.6 is 11.6 Å². The lowest BCUT2D eigenvalue weighted by atomic mass is 10.0. The maximum atomic E-state index is 12.2. The topological polar surface area (TPSA) is 50.2 Å². The van der Waals surface area contributed by atoms with Gasteiger partial charge < -0.3 is 5.11 Å². The van der Waals surface area contributed by atoms with Gasteiger partial charge in [-0.25, -0.2) is 0 Å². The van der Waals surface area contributed by atoms with Gasteiger partial charge in [-0.15, -0.1) is 0 Å². The number of aliphatic hydroxyl groups excluding tert-OH is 1. The number of Topliss-reactive ketones (excluding diaryl/α,β-unsaturated/α-hetero) is 1. The SMILES string of the molecule is O=C1C(c2ccncc2)=C(O)c2cc(Cl)ccc21. The van der Waals surface area contributed by atoms with Gasteiger partial charge in [-0.3, -0.25) is 9.78 Å². The van der Waals surface area contributed by atoms with Crippen LogP contribution in [0.5, 0.6) is 0 Å². The first-order valence-corrected chi connectivity index (χ1v) is 5.74. The van der Waals surface area contributed by atoms with E-state index in [1.54, 1.807) is 42.7 Å². The number of aromatic nitrogens is 1. The van der Waals surface area contributed by atoms with E-state index in [1.807, 2.05) is 0 Å². The van der Waals surface area contributed by atoms with Crippen LogP contribution in [0.25, 0.3) is 11.3 Å². The lowest BCUT2D eigenvalue weighted by molar-refractivity contribution is 0.105. The largest absolute Gasteiger partial charge is 0.507 e. The summed E-state index contributed by atoms with van der Waals surface area (Å²) < 4.78 is 0. The van der Waals surface area contributed by atoms with E-state index in [1.165, 1.54) is 0 Å². The van der Waals surface area contributed by atoms with Crippen molar-refractivity contribution in [3.63, 3.8) is 0 Å². The Morgan fingerprint density at radius 2 is 1.78 bits per heavy atom. The van der Waals surface area contributed by atoms with E-state index in [0.717, 1.165) is 0 Å². The van der Waals surface area contributed by atoms with Gasteiger partial charge in [0.1, 0.15) is 5.76 Å². The van der Waals surface area contributed by atoms with Gasteiger partial charge in [-0.2, -0.15) is 0 Å². The summed E-state index contributed by atoms with van der Waals surface area (Å²) in [5.74, 6) is -0.214. The Labute approximate surface area is 108 Å². The second-order valence-corrected chi connectivity index (χ2v) is 4.41. The Kier molecular flexibility index (Phi) is 2.42. The fraction of sp³-hybridized carbons (Fsp3) is 0. The Hall–Kier alpha value is -2.13. The highest BCUT2D eigenvalue weighted by Gasteiger charge is 2.30. The van der Waals surface area contributed by atoms with Crippen molar-refractivity contribution in [1.29, 1.82) is 0 Å². The molecule has 0 bridgehead atoms. The fourth-order valence-electron chi connectivity index (χ4n) is 2.07. The van der Waals surface area contributed by atoms with Crippen molar-refractivity contribution in [2.24, 2.45) is 0 Å². The van der Waals surface area contributed by atoms with Crippen LogP contribution in [0.3, 0.4) is 0 Å². The van der Waals surface area contributed by atoms with E-state index in [4.69, 9.17) is 11.6 Å². The third-order valence-electron chi connectivity index (χ3n) is 2.91. The quantitative estimate of drug-likeness (QED) is 0.852.